The van der Waals surface area contributed by atoms with Gasteiger partial charge in [0.15, 0.2) is 5.65 Å². The van der Waals surface area contributed by atoms with Crippen molar-refractivity contribution in [2.45, 2.75) is 13.8 Å². The van der Waals surface area contributed by atoms with Gasteiger partial charge in [0.1, 0.15) is 5.82 Å². The summed E-state index contributed by atoms with van der Waals surface area (Å²) in [5.41, 5.74) is 5.00. The Morgan fingerprint density at radius 3 is 2.00 bits per heavy atom. The number of benzene rings is 2. The topological polar surface area (TPSA) is 78.5 Å². The zero-order valence-electron chi connectivity index (χ0n) is 14.0. The van der Waals surface area contributed by atoms with Crippen LogP contribution in [0.5, 0.6) is 0 Å². The van der Waals surface area contributed by atoms with Crippen LogP contribution in [0.1, 0.15) is 11.1 Å². The van der Waals surface area contributed by atoms with Crippen LogP contribution in [0.25, 0.3) is 11.0 Å². The largest absolute Gasteiger partial charge is 0.339 e. The number of fused-ring (bicyclic) bond motifs is 1. The summed E-state index contributed by atoms with van der Waals surface area (Å²) in [6.45, 7) is 4.12. The monoisotopic (exact) mass is 330 g/mol. The first-order chi connectivity index (χ1) is 12.2. The smallest absolute Gasteiger partial charge is 0.231 e. The van der Waals surface area contributed by atoms with Crippen LogP contribution in [0.3, 0.4) is 0 Å². The Morgan fingerprint density at radius 1 is 0.760 bits per heavy atom. The summed E-state index contributed by atoms with van der Waals surface area (Å²) in [6.07, 6.45) is 1.72. The van der Waals surface area contributed by atoms with Gasteiger partial charge in [0, 0.05) is 11.4 Å². The van der Waals surface area contributed by atoms with Gasteiger partial charge in [0.25, 0.3) is 0 Å². The molecule has 0 bridgehead atoms. The van der Waals surface area contributed by atoms with E-state index in [-0.39, 0.29) is 0 Å². The molecule has 0 fully saturated rings. The van der Waals surface area contributed by atoms with Crippen LogP contribution in [0.4, 0.5) is 23.1 Å². The number of hydrogen-bond donors (Lipinski definition) is 3. The average molecular weight is 330 g/mol. The Balaban J connectivity index is 1.69. The zero-order chi connectivity index (χ0) is 17.2. The number of H-pyrrole nitrogens is 1. The van der Waals surface area contributed by atoms with Gasteiger partial charge >= 0.3 is 0 Å². The Kier molecular flexibility index (Phi) is 3.78. The first kappa shape index (κ1) is 15.1. The molecule has 0 spiro atoms. The van der Waals surface area contributed by atoms with E-state index in [4.69, 9.17) is 0 Å². The van der Waals surface area contributed by atoms with Crippen LogP contribution in [0, 0.1) is 13.8 Å². The predicted molar refractivity (Wildman–Crippen MR) is 101 cm³/mol. The highest BCUT2D eigenvalue weighted by Crippen LogP contribution is 2.25. The van der Waals surface area contributed by atoms with E-state index < -0.39 is 0 Å². The van der Waals surface area contributed by atoms with Crippen LogP contribution in [-0.2, 0) is 0 Å². The number of rotatable bonds is 4. The molecular weight excluding hydrogens is 312 g/mol. The van der Waals surface area contributed by atoms with Gasteiger partial charge in [0.2, 0.25) is 5.95 Å². The second kappa shape index (κ2) is 6.24. The molecule has 0 saturated heterocycles. The maximum absolute atomic E-state index is 4.62. The Morgan fingerprint density at radius 2 is 1.36 bits per heavy atom. The quantitative estimate of drug-likeness (QED) is 0.515. The normalized spacial score (nSPS) is 10.8. The summed E-state index contributed by atoms with van der Waals surface area (Å²) < 4.78 is 0. The molecule has 124 valence electrons. The van der Waals surface area contributed by atoms with E-state index in [0.29, 0.717) is 17.4 Å². The SMILES string of the molecule is Cc1ccc(Nc2nc(Nc3ccc(C)cc3)c3cn[nH]c3n2)cc1. The van der Waals surface area contributed by atoms with Crippen LogP contribution in [0.2, 0.25) is 0 Å². The first-order valence-corrected chi connectivity index (χ1v) is 8.06. The molecule has 6 heteroatoms. The number of aromatic amines is 1. The van der Waals surface area contributed by atoms with Crippen LogP contribution in [-0.4, -0.2) is 20.2 Å². The molecule has 0 amide bonds. The van der Waals surface area contributed by atoms with Crippen LogP contribution in [0.15, 0.2) is 54.7 Å². The van der Waals surface area contributed by atoms with E-state index in [1.165, 1.54) is 11.1 Å². The van der Waals surface area contributed by atoms with E-state index in [9.17, 15) is 0 Å². The van der Waals surface area contributed by atoms with Gasteiger partial charge in [-0.3, -0.25) is 5.10 Å². The van der Waals surface area contributed by atoms with Crippen molar-refractivity contribution < 1.29 is 0 Å². The fourth-order valence-electron chi connectivity index (χ4n) is 2.53. The van der Waals surface area contributed by atoms with Crippen molar-refractivity contribution in [3.8, 4) is 0 Å². The molecule has 0 aliphatic heterocycles. The lowest BCUT2D eigenvalue weighted by Crippen LogP contribution is -2.02. The molecule has 0 aliphatic carbocycles. The molecular formula is C19H18N6. The van der Waals surface area contributed by atoms with Gasteiger partial charge in [-0.05, 0) is 38.1 Å². The maximum Gasteiger partial charge on any atom is 0.231 e. The summed E-state index contributed by atoms with van der Waals surface area (Å²) in [7, 11) is 0. The minimum absolute atomic E-state index is 0.509. The number of anilines is 4. The minimum atomic E-state index is 0.509. The molecule has 2 heterocycles. The molecule has 0 unspecified atom stereocenters. The Labute approximate surface area is 145 Å². The van der Waals surface area contributed by atoms with Crippen molar-refractivity contribution in [3.63, 3.8) is 0 Å². The molecule has 2 aromatic heterocycles. The number of aromatic nitrogens is 4. The lowest BCUT2D eigenvalue weighted by atomic mass is 10.2. The van der Waals surface area contributed by atoms with Gasteiger partial charge < -0.3 is 10.6 Å². The van der Waals surface area contributed by atoms with Crippen molar-refractivity contribution in [1.82, 2.24) is 20.2 Å². The van der Waals surface area contributed by atoms with Crippen molar-refractivity contribution in [2.24, 2.45) is 0 Å². The Hall–Kier alpha value is -3.41. The summed E-state index contributed by atoms with van der Waals surface area (Å²) in [5, 5.41) is 14.4. The number of nitrogens with zero attached hydrogens (tertiary/aromatic N) is 3. The molecule has 4 aromatic rings. The van der Waals surface area contributed by atoms with Gasteiger partial charge in [-0.2, -0.15) is 15.1 Å². The first-order valence-electron chi connectivity index (χ1n) is 8.06. The molecule has 6 nitrogen and oxygen atoms in total. The highest BCUT2D eigenvalue weighted by Gasteiger charge is 2.10. The van der Waals surface area contributed by atoms with Crippen molar-refractivity contribution >= 4 is 34.2 Å². The number of hydrogen-bond acceptors (Lipinski definition) is 5. The van der Waals surface area contributed by atoms with Gasteiger partial charge in [-0.25, -0.2) is 0 Å². The van der Waals surface area contributed by atoms with Crippen molar-refractivity contribution in [2.75, 3.05) is 10.6 Å². The maximum atomic E-state index is 4.62. The fraction of sp³-hybridized carbons (Fsp3) is 0.105. The van der Waals surface area contributed by atoms with E-state index in [1.807, 2.05) is 36.4 Å². The summed E-state index contributed by atoms with van der Waals surface area (Å²) in [4.78, 5) is 9.10. The van der Waals surface area contributed by atoms with Gasteiger partial charge in [-0.15, -0.1) is 0 Å². The third-order valence-electron chi connectivity index (χ3n) is 3.93. The third-order valence-corrected chi connectivity index (χ3v) is 3.93. The van der Waals surface area contributed by atoms with E-state index in [0.717, 1.165) is 16.8 Å². The summed E-state index contributed by atoms with van der Waals surface area (Å²) >= 11 is 0. The molecule has 25 heavy (non-hydrogen) atoms. The number of nitrogens with one attached hydrogen (secondary N) is 3. The molecule has 4 rings (SSSR count). The molecule has 0 atom stereocenters. The lowest BCUT2D eigenvalue weighted by molar-refractivity contribution is 1.09. The highest BCUT2D eigenvalue weighted by atomic mass is 15.2. The predicted octanol–water partition coefficient (Wildman–Crippen LogP) is 4.46. The second-order valence-corrected chi connectivity index (χ2v) is 6.01. The van der Waals surface area contributed by atoms with Crippen molar-refractivity contribution in [3.05, 3.63) is 65.9 Å². The molecule has 0 saturated carbocycles. The number of aryl methyl sites for hydroxylation is 2. The molecule has 0 aliphatic rings. The van der Waals surface area contributed by atoms with E-state index >= 15 is 0 Å². The van der Waals surface area contributed by atoms with Crippen LogP contribution < -0.4 is 10.6 Å². The molecule has 2 aromatic carbocycles. The summed E-state index contributed by atoms with van der Waals surface area (Å²) in [5.74, 6) is 1.22. The Bertz CT molecular complexity index is 1000. The van der Waals surface area contributed by atoms with E-state index in [2.05, 4.69) is 56.8 Å². The van der Waals surface area contributed by atoms with Gasteiger partial charge in [0.05, 0.1) is 11.6 Å². The van der Waals surface area contributed by atoms with E-state index in [1.54, 1.807) is 6.20 Å². The van der Waals surface area contributed by atoms with Gasteiger partial charge in [-0.1, -0.05) is 35.4 Å². The van der Waals surface area contributed by atoms with Crippen molar-refractivity contribution in [1.29, 1.82) is 0 Å². The van der Waals surface area contributed by atoms with Crippen LogP contribution >= 0.6 is 0 Å². The minimum Gasteiger partial charge on any atom is -0.339 e. The average Bonchev–Trinajstić information content (AvgIpc) is 3.08. The summed E-state index contributed by atoms with van der Waals surface area (Å²) in [6, 6.07) is 16.3. The third kappa shape index (κ3) is 3.28. The fourth-order valence-corrected chi connectivity index (χ4v) is 2.53. The second-order valence-electron chi connectivity index (χ2n) is 6.01. The molecule has 0 radical (unpaired) electrons. The standard InChI is InChI=1S/C19H18N6/c1-12-3-7-14(8-4-12)21-17-16-11-20-25-18(16)24-19(23-17)22-15-9-5-13(2)6-10-15/h3-11H,1-2H3,(H3,20,21,22,23,24,25). The zero-order valence-corrected chi connectivity index (χ0v) is 14.0. The highest BCUT2D eigenvalue weighted by molar-refractivity contribution is 5.89. The lowest BCUT2D eigenvalue weighted by Gasteiger charge is -2.10. The molecule has 3 N–H and O–H groups in total.